The molecule has 0 spiro atoms. The fourth-order valence-electron chi connectivity index (χ4n) is 3.91. The van der Waals surface area contributed by atoms with Gasteiger partial charge in [0.25, 0.3) is 0 Å². The van der Waals surface area contributed by atoms with E-state index in [0.29, 0.717) is 5.92 Å². The molecule has 0 saturated carbocycles. The van der Waals surface area contributed by atoms with Crippen molar-refractivity contribution in [3.8, 4) is 0 Å². The van der Waals surface area contributed by atoms with Gasteiger partial charge < -0.3 is 0 Å². The molecule has 0 aliphatic heterocycles. The van der Waals surface area contributed by atoms with Crippen LogP contribution in [-0.2, 0) is 6.42 Å². The molecule has 2 atom stereocenters. The van der Waals surface area contributed by atoms with Crippen LogP contribution in [0.3, 0.4) is 0 Å². The number of allylic oxidation sites excluding steroid dienone is 1. The van der Waals surface area contributed by atoms with Crippen molar-refractivity contribution in [1.29, 1.82) is 0 Å². The SMILES string of the molecule is C=C(c1ccccc1)C(CCC)CCCCC[C@@H](C)Cc1ccccc1. The molecular formula is C26H36. The summed E-state index contributed by atoms with van der Waals surface area (Å²) >= 11 is 0. The molecule has 2 aromatic rings. The zero-order chi connectivity index (χ0) is 18.6. The van der Waals surface area contributed by atoms with E-state index in [2.05, 4.69) is 81.1 Å². The first-order valence-electron chi connectivity index (χ1n) is 10.5. The summed E-state index contributed by atoms with van der Waals surface area (Å²) in [5, 5.41) is 0. The minimum atomic E-state index is 0.643. The van der Waals surface area contributed by atoms with E-state index in [9.17, 15) is 0 Å². The first kappa shape index (κ1) is 20.5. The first-order valence-corrected chi connectivity index (χ1v) is 10.5. The maximum atomic E-state index is 4.42. The van der Waals surface area contributed by atoms with Crippen molar-refractivity contribution in [2.45, 2.75) is 65.2 Å². The van der Waals surface area contributed by atoms with Gasteiger partial charge in [0.05, 0.1) is 0 Å². The van der Waals surface area contributed by atoms with E-state index in [1.54, 1.807) is 0 Å². The topological polar surface area (TPSA) is 0 Å². The van der Waals surface area contributed by atoms with E-state index in [-0.39, 0.29) is 0 Å². The second-order valence-corrected chi connectivity index (χ2v) is 7.81. The van der Waals surface area contributed by atoms with E-state index in [0.717, 1.165) is 5.92 Å². The van der Waals surface area contributed by atoms with E-state index in [1.165, 1.54) is 68.1 Å². The summed E-state index contributed by atoms with van der Waals surface area (Å²) in [5.74, 6) is 1.42. The van der Waals surface area contributed by atoms with E-state index >= 15 is 0 Å². The lowest BCUT2D eigenvalue weighted by atomic mass is 9.86. The van der Waals surface area contributed by atoms with Crippen molar-refractivity contribution >= 4 is 5.57 Å². The van der Waals surface area contributed by atoms with Crippen LogP contribution in [0.25, 0.3) is 5.57 Å². The lowest BCUT2D eigenvalue weighted by Crippen LogP contribution is -2.04. The molecule has 0 aliphatic carbocycles. The van der Waals surface area contributed by atoms with Gasteiger partial charge in [-0.15, -0.1) is 0 Å². The molecule has 0 aromatic heterocycles. The highest BCUT2D eigenvalue weighted by Crippen LogP contribution is 2.30. The third-order valence-corrected chi connectivity index (χ3v) is 5.45. The molecule has 26 heavy (non-hydrogen) atoms. The van der Waals surface area contributed by atoms with Crippen LogP contribution in [0, 0.1) is 11.8 Å². The molecule has 0 heterocycles. The summed E-state index contributed by atoms with van der Waals surface area (Å²) < 4.78 is 0. The van der Waals surface area contributed by atoms with Gasteiger partial charge in [0.15, 0.2) is 0 Å². The Hall–Kier alpha value is -1.82. The van der Waals surface area contributed by atoms with Gasteiger partial charge in [0, 0.05) is 0 Å². The minimum Gasteiger partial charge on any atom is -0.0950 e. The van der Waals surface area contributed by atoms with Crippen LogP contribution >= 0.6 is 0 Å². The van der Waals surface area contributed by atoms with Gasteiger partial charge in [0.2, 0.25) is 0 Å². The summed E-state index contributed by atoms with van der Waals surface area (Å²) in [6.07, 6.45) is 10.4. The monoisotopic (exact) mass is 348 g/mol. The third kappa shape index (κ3) is 7.20. The van der Waals surface area contributed by atoms with Crippen LogP contribution in [0.15, 0.2) is 67.2 Å². The largest absolute Gasteiger partial charge is 0.0950 e. The smallest absolute Gasteiger partial charge is 0.0162 e. The molecule has 1 unspecified atom stereocenters. The van der Waals surface area contributed by atoms with E-state index in [4.69, 9.17) is 0 Å². The van der Waals surface area contributed by atoms with Crippen molar-refractivity contribution in [3.63, 3.8) is 0 Å². The standard InChI is InChI=1S/C26H36/c1-4-14-25(23(3)26-19-12-7-13-20-26)18-11-5-8-15-22(2)21-24-16-9-6-10-17-24/h6-7,9-10,12-13,16-17,19-20,22,25H,3-5,8,11,14-15,18,21H2,1-2H3/t22-,25?/m1/s1. The molecule has 0 N–H and O–H groups in total. The van der Waals surface area contributed by atoms with Crippen LogP contribution in [0.4, 0.5) is 0 Å². The Kier molecular flexibility index (Phi) is 9.24. The van der Waals surface area contributed by atoms with Gasteiger partial charge in [-0.2, -0.15) is 0 Å². The van der Waals surface area contributed by atoms with E-state index in [1.807, 2.05) is 0 Å². The summed E-state index contributed by atoms with van der Waals surface area (Å²) in [7, 11) is 0. The average molecular weight is 349 g/mol. The number of hydrogen-bond donors (Lipinski definition) is 0. The highest BCUT2D eigenvalue weighted by Gasteiger charge is 2.13. The summed E-state index contributed by atoms with van der Waals surface area (Å²) in [6, 6.07) is 21.6. The van der Waals surface area contributed by atoms with E-state index < -0.39 is 0 Å². The third-order valence-electron chi connectivity index (χ3n) is 5.45. The lowest BCUT2D eigenvalue weighted by Gasteiger charge is -2.19. The Bertz CT molecular complexity index is 611. The summed E-state index contributed by atoms with van der Waals surface area (Å²) in [4.78, 5) is 0. The highest BCUT2D eigenvalue weighted by molar-refractivity contribution is 5.65. The zero-order valence-electron chi connectivity index (χ0n) is 16.8. The van der Waals surface area contributed by atoms with Crippen LogP contribution in [0.5, 0.6) is 0 Å². The Balaban J connectivity index is 1.68. The van der Waals surface area contributed by atoms with Crippen molar-refractivity contribution in [2.24, 2.45) is 11.8 Å². The van der Waals surface area contributed by atoms with Crippen LogP contribution < -0.4 is 0 Å². The van der Waals surface area contributed by atoms with Crippen molar-refractivity contribution in [2.75, 3.05) is 0 Å². The molecule has 140 valence electrons. The zero-order valence-corrected chi connectivity index (χ0v) is 16.8. The average Bonchev–Trinajstić information content (AvgIpc) is 2.68. The molecule has 0 heteroatoms. The molecule has 0 amide bonds. The molecule has 0 bridgehead atoms. The Morgan fingerprint density at radius 2 is 1.42 bits per heavy atom. The molecule has 0 nitrogen and oxygen atoms in total. The van der Waals surface area contributed by atoms with Gasteiger partial charge in [-0.3, -0.25) is 0 Å². The molecular weight excluding hydrogens is 312 g/mol. The van der Waals surface area contributed by atoms with Gasteiger partial charge in [-0.1, -0.05) is 113 Å². The second-order valence-electron chi connectivity index (χ2n) is 7.81. The van der Waals surface area contributed by atoms with Gasteiger partial charge in [0.1, 0.15) is 0 Å². The number of benzene rings is 2. The molecule has 0 saturated heterocycles. The van der Waals surface area contributed by atoms with Gasteiger partial charge in [-0.05, 0) is 47.8 Å². The van der Waals surface area contributed by atoms with Crippen molar-refractivity contribution < 1.29 is 0 Å². The molecule has 2 rings (SSSR count). The number of unbranched alkanes of at least 4 members (excludes halogenated alkanes) is 2. The predicted molar refractivity (Wildman–Crippen MR) is 116 cm³/mol. The first-order chi connectivity index (χ1) is 12.7. The normalized spacial score (nSPS) is 13.3. The highest BCUT2D eigenvalue weighted by atomic mass is 14.2. The maximum absolute atomic E-state index is 4.42. The Morgan fingerprint density at radius 1 is 0.808 bits per heavy atom. The van der Waals surface area contributed by atoms with Crippen LogP contribution in [0.1, 0.15) is 69.9 Å². The molecule has 0 fully saturated rings. The fraction of sp³-hybridized carbons (Fsp3) is 0.462. The molecule has 0 aliphatic rings. The molecule has 0 radical (unpaired) electrons. The summed E-state index contributed by atoms with van der Waals surface area (Å²) in [6.45, 7) is 9.10. The van der Waals surface area contributed by atoms with Crippen LogP contribution in [-0.4, -0.2) is 0 Å². The van der Waals surface area contributed by atoms with Gasteiger partial charge >= 0.3 is 0 Å². The quantitative estimate of drug-likeness (QED) is 0.341. The Labute approximate surface area is 161 Å². The number of hydrogen-bond acceptors (Lipinski definition) is 0. The van der Waals surface area contributed by atoms with Crippen molar-refractivity contribution in [3.05, 3.63) is 78.4 Å². The minimum absolute atomic E-state index is 0.643. The number of rotatable bonds is 12. The lowest BCUT2D eigenvalue weighted by molar-refractivity contribution is 0.461. The second kappa shape index (κ2) is 11.7. The fourth-order valence-corrected chi connectivity index (χ4v) is 3.91. The van der Waals surface area contributed by atoms with Crippen molar-refractivity contribution in [1.82, 2.24) is 0 Å². The molecule has 2 aromatic carbocycles. The summed E-state index contributed by atoms with van der Waals surface area (Å²) in [5.41, 5.74) is 4.13. The maximum Gasteiger partial charge on any atom is -0.0162 e. The van der Waals surface area contributed by atoms with Gasteiger partial charge in [-0.25, -0.2) is 0 Å². The predicted octanol–water partition coefficient (Wildman–Crippen LogP) is 7.95. The van der Waals surface area contributed by atoms with Crippen LogP contribution in [0.2, 0.25) is 0 Å². The Morgan fingerprint density at radius 3 is 2.08 bits per heavy atom.